The maximum atomic E-state index is 8.81. The van der Waals surface area contributed by atoms with Crippen molar-refractivity contribution < 1.29 is 0 Å². The van der Waals surface area contributed by atoms with Gasteiger partial charge in [0.1, 0.15) is 0 Å². The first-order valence-electron chi connectivity index (χ1n) is 5.62. The van der Waals surface area contributed by atoms with Gasteiger partial charge in [0.2, 0.25) is 0 Å². The fraction of sp³-hybridized carbons (Fsp3) is 0.909. The minimum Gasteiger partial charge on any atom is -0.311 e. The van der Waals surface area contributed by atoms with Gasteiger partial charge in [-0.05, 0) is 43.6 Å². The Bertz CT molecular complexity index is 218. The summed E-state index contributed by atoms with van der Waals surface area (Å²) in [5.74, 6) is 2.95. The van der Waals surface area contributed by atoms with Crippen LogP contribution in [0.15, 0.2) is 0 Å². The SMILES string of the molecule is N#CC1CCC(NC2CCSCC2)C1. The average molecular weight is 210 g/mol. The number of nitriles is 1. The molecule has 0 aromatic rings. The van der Waals surface area contributed by atoms with Crippen LogP contribution in [0.25, 0.3) is 0 Å². The number of nitrogens with one attached hydrogen (secondary N) is 1. The molecule has 1 saturated heterocycles. The van der Waals surface area contributed by atoms with Crippen LogP contribution >= 0.6 is 11.8 Å². The molecular weight excluding hydrogens is 192 g/mol. The Hall–Kier alpha value is -0.200. The minimum absolute atomic E-state index is 0.325. The molecule has 0 aromatic carbocycles. The van der Waals surface area contributed by atoms with E-state index in [0.717, 1.165) is 18.9 Å². The van der Waals surface area contributed by atoms with E-state index in [1.165, 1.54) is 30.8 Å². The van der Waals surface area contributed by atoms with E-state index < -0.39 is 0 Å². The van der Waals surface area contributed by atoms with E-state index >= 15 is 0 Å². The molecule has 2 unspecified atom stereocenters. The van der Waals surface area contributed by atoms with Gasteiger partial charge < -0.3 is 5.32 Å². The smallest absolute Gasteiger partial charge is 0.0656 e. The summed E-state index contributed by atoms with van der Waals surface area (Å²) in [6.45, 7) is 0. The quantitative estimate of drug-likeness (QED) is 0.758. The van der Waals surface area contributed by atoms with Crippen LogP contribution in [0.5, 0.6) is 0 Å². The Morgan fingerprint density at radius 1 is 1.07 bits per heavy atom. The fourth-order valence-corrected chi connectivity index (χ4v) is 3.55. The molecular formula is C11H18N2S. The first kappa shape index (κ1) is 10.3. The third kappa shape index (κ3) is 2.65. The second-order valence-electron chi connectivity index (χ2n) is 4.39. The Labute approximate surface area is 90.4 Å². The molecule has 2 rings (SSSR count). The van der Waals surface area contributed by atoms with E-state index in [-0.39, 0.29) is 0 Å². The number of thioether (sulfide) groups is 1. The van der Waals surface area contributed by atoms with Crippen LogP contribution in [-0.4, -0.2) is 23.6 Å². The monoisotopic (exact) mass is 210 g/mol. The van der Waals surface area contributed by atoms with Crippen molar-refractivity contribution in [3.05, 3.63) is 0 Å². The third-order valence-electron chi connectivity index (χ3n) is 3.31. The summed E-state index contributed by atoms with van der Waals surface area (Å²) in [7, 11) is 0. The second kappa shape index (κ2) is 5.04. The summed E-state index contributed by atoms with van der Waals surface area (Å²) >= 11 is 2.07. The maximum absolute atomic E-state index is 8.81. The number of rotatable bonds is 2. The Morgan fingerprint density at radius 2 is 1.86 bits per heavy atom. The zero-order valence-corrected chi connectivity index (χ0v) is 9.35. The molecule has 0 bridgehead atoms. The Kier molecular flexibility index (Phi) is 3.72. The zero-order chi connectivity index (χ0) is 9.80. The standard InChI is InChI=1S/C11H18N2S/c12-8-9-1-2-11(7-9)13-10-3-5-14-6-4-10/h9-11,13H,1-7H2. The molecule has 1 saturated carbocycles. The molecule has 1 N–H and O–H groups in total. The van der Waals surface area contributed by atoms with Crippen molar-refractivity contribution in [3.63, 3.8) is 0 Å². The molecule has 0 spiro atoms. The highest BCUT2D eigenvalue weighted by Crippen LogP contribution is 2.26. The molecule has 14 heavy (non-hydrogen) atoms. The fourth-order valence-electron chi connectivity index (χ4n) is 2.45. The van der Waals surface area contributed by atoms with Gasteiger partial charge in [0.15, 0.2) is 0 Å². The molecule has 3 heteroatoms. The molecule has 2 atom stereocenters. The molecule has 2 nitrogen and oxygen atoms in total. The van der Waals surface area contributed by atoms with Crippen LogP contribution in [0, 0.1) is 17.2 Å². The lowest BCUT2D eigenvalue weighted by Crippen LogP contribution is -2.39. The molecule has 0 radical (unpaired) electrons. The molecule has 2 fully saturated rings. The van der Waals surface area contributed by atoms with E-state index in [1.807, 2.05) is 0 Å². The predicted molar refractivity (Wildman–Crippen MR) is 60.2 cm³/mol. The largest absolute Gasteiger partial charge is 0.311 e. The second-order valence-corrected chi connectivity index (χ2v) is 5.61. The van der Waals surface area contributed by atoms with Gasteiger partial charge in [0.25, 0.3) is 0 Å². The van der Waals surface area contributed by atoms with Crippen molar-refractivity contribution in [3.8, 4) is 6.07 Å². The van der Waals surface area contributed by atoms with Gasteiger partial charge in [-0.2, -0.15) is 17.0 Å². The molecule has 2 aliphatic rings. The van der Waals surface area contributed by atoms with Crippen LogP contribution in [0.4, 0.5) is 0 Å². The first-order chi connectivity index (χ1) is 6.88. The molecule has 0 amide bonds. The Balaban J connectivity index is 1.73. The van der Waals surface area contributed by atoms with Gasteiger partial charge in [-0.1, -0.05) is 0 Å². The van der Waals surface area contributed by atoms with Crippen molar-refractivity contribution in [2.45, 2.75) is 44.2 Å². The number of nitrogens with zero attached hydrogens (tertiary/aromatic N) is 1. The van der Waals surface area contributed by atoms with Gasteiger partial charge in [0.05, 0.1) is 6.07 Å². The Morgan fingerprint density at radius 3 is 2.50 bits per heavy atom. The van der Waals surface area contributed by atoms with Gasteiger partial charge in [-0.25, -0.2) is 0 Å². The normalized spacial score (nSPS) is 34.2. The minimum atomic E-state index is 0.325. The number of hydrogen-bond donors (Lipinski definition) is 1. The molecule has 0 aromatic heterocycles. The highest BCUT2D eigenvalue weighted by Gasteiger charge is 2.26. The third-order valence-corrected chi connectivity index (χ3v) is 4.36. The molecule has 1 aliphatic heterocycles. The zero-order valence-electron chi connectivity index (χ0n) is 8.54. The first-order valence-corrected chi connectivity index (χ1v) is 6.77. The van der Waals surface area contributed by atoms with Crippen molar-refractivity contribution in [2.75, 3.05) is 11.5 Å². The van der Waals surface area contributed by atoms with Gasteiger partial charge in [-0.15, -0.1) is 0 Å². The molecule has 1 heterocycles. The van der Waals surface area contributed by atoms with Gasteiger partial charge >= 0.3 is 0 Å². The topological polar surface area (TPSA) is 35.8 Å². The lowest BCUT2D eigenvalue weighted by Gasteiger charge is -2.26. The lowest BCUT2D eigenvalue weighted by atomic mass is 10.1. The highest BCUT2D eigenvalue weighted by molar-refractivity contribution is 7.99. The lowest BCUT2D eigenvalue weighted by molar-refractivity contribution is 0.406. The van der Waals surface area contributed by atoms with E-state index in [2.05, 4.69) is 23.1 Å². The summed E-state index contributed by atoms with van der Waals surface area (Å²) in [6, 6.07) is 3.75. The van der Waals surface area contributed by atoms with Crippen LogP contribution in [0.3, 0.4) is 0 Å². The van der Waals surface area contributed by atoms with Gasteiger partial charge in [0, 0.05) is 18.0 Å². The van der Waals surface area contributed by atoms with Crippen molar-refractivity contribution in [1.82, 2.24) is 5.32 Å². The summed E-state index contributed by atoms with van der Waals surface area (Å²) in [6.07, 6.45) is 6.04. The number of hydrogen-bond acceptors (Lipinski definition) is 3. The van der Waals surface area contributed by atoms with Crippen LogP contribution in [0.2, 0.25) is 0 Å². The summed E-state index contributed by atoms with van der Waals surface area (Å²) < 4.78 is 0. The highest BCUT2D eigenvalue weighted by atomic mass is 32.2. The van der Waals surface area contributed by atoms with Crippen molar-refractivity contribution in [1.29, 1.82) is 5.26 Å². The van der Waals surface area contributed by atoms with Crippen LogP contribution in [0.1, 0.15) is 32.1 Å². The van der Waals surface area contributed by atoms with Crippen molar-refractivity contribution in [2.24, 2.45) is 5.92 Å². The van der Waals surface area contributed by atoms with E-state index in [1.54, 1.807) is 0 Å². The van der Waals surface area contributed by atoms with Crippen LogP contribution in [-0.2, 0) is 0 Å². The van der Waals surface area contributed by atoms with E-state index in [9.17, 15) is 0 Å². The van der Waals surface area contributed by atoms with E-state index in [0.29, 0.717) is 12.0 Å². The average Bonchev–Trinajstić information content (AvgIpc) is 2.67. The molecule has 1 aliphatic carbocycles. The summed E-state index contributed by atoms with van der Waals surface area (Å²) in [5.41, 5.74) is 0. The van der Waals surface area contributed by atoms with Crippen LogP contribution < -0.4 is 5.32 Å². The summed E-state index contributed by atoms with van der Waals surface area (Å²) in [5, 5.41) is 12.5. The summed E-state index contributed by atoms with van der Waals surface area (Å²) in [4.78, 5) is 0. The maximum Gasteiger partial charge on any atom is 0.0656 e. The predicted octanol–water partition coefficient (Wildman–Crippen LogP) is 2.16. The van der Waals surface area contributed by atoms with Gasteiger partial charge in [-0.3, -0.25) is 0 Å². The molecule has 78 valence electrons. The van der Waals surface area contributed by atoms with E-state index in [4.69, 9.17) is 5.26 Å². The van der Waals surface area contributed by atoms with Crippen molar-refractivity contribution >= 4 is 11.8 Å².